The van der Waals surface area contributed by atoms with Crippen LogP contribution in [0.25, 0.3) is 0 Å². The Morgan fingerprint density at radius 1 is 0.962 bits per heavy atom. The van der Waals surface area contributed by atoms with E-state index in [-0.39, 0.29) is 16.7 Å². The third kappa shape index (κ3) is 2.95. The van der Waals surface area contributed by atoms with Crippen molar-refractivity contribution in [1.29, 1.82) is 0 Å². The molecule has 0 N–H and O–H groups in total. The molecule has 132 valence electrons. The second-order valence-corrected chi connectivity index (χ2v) is 5.65. The number of imide groups is 1. The zero-order chi connectivity index (χ0) is 18.8. The molecule has 0 fully saturated rings. The first-order chi connectivity index (χ1) is 12.4. The summed E-state index contributed by atoms with van der Waals surface area (Å²) >= 11 is 0. The SMILES string of the molecule is COC(=O)C(OC(=O)c1ccc2c(c1)C(=O)N(C)C2=O)c1ccccc1. The molecule has 0 aliphatic carbocycles. The first kappa shape index (κ1) is 17.3. The minimum Gasteiger partial charge on any atom is -0.466 e. The molecule has 2 amide bonds. The maximum absolute atomic E-state index is 12.5. The summed E-state index contributed by atoms with van der Waals surface area (Å²) in [7, 11) is 2.56. The predicted octanol–water partition coefficient (Wildman–Crippen LogP) is 1.98. The van der Waals surface area contributed by atoms with Gasteiger partial charge >= 0.3 is 11.9 Å². The third-order valence-corrected chi connectivity index (χ3v) is 4.07. The van der Waals surface area contributed by atoms with Crippen molar-refractivity contribution in [2.45, 2.75) is 6.10 Å². The number of benzene rings is 2. The normalized spacial score (nSPS) is 14.0. The maximum Gasteiger partial charge on any atom is 0.351 e. The van der Waals surface area contributed by atoms with Crippen LogP contribution in [-0.4, -0.2) is 42.8 Å². The number of carbonyl (C=O) groups is 4. The van der Waals surface area contributed by atoms with Gasteiger partial charge in [0.1, 0.15) is 0 Å². The monoisotopic (exact) mass is 353 g/mol. The van der Waals surface area contributed by atoms with E-state index in [1.165, 1.54) is 32.4 Å². The molecule has 0 bridgehead atoms. The molecule has 0 saturated heterocycles. The Labute approximate surface area is 149 Å². The van der Waals surface area contributed by atoms with Gasteiger partial charge in [0.25, 0.3) is 11.8 Å². The zero-order valence-corrected chi connectivity index (χ0v) is 14.1. The van der Waals surface area contributed by atoms with Gasteiger partial charge in [0.15, 0.2) is 0 Å². The van der Waals surface area contributed by atoms with E-state index in [9.17, 15) is 19.2 Å². The molecule has 0 saturated carbocycles. The summed E-state index contributed by atoms with van der Waals surface area (Å²) < 4.78 is 10.0. The summed E-state index contributed by atoms with van der Waals surface area (Å²) in [6.07, 6.45) is -1.23. The molecule has 1 unspecified atom stereocenters. The van der Waals surface area contributed by atoms with Crippen LogP contribution in [0.3, 0.4) is 0 Å². The Morgan fingerprint density at radius 3 is 2.27 bits per heavy atom. The van der Waals surface area contributed by atoms with Crippen molar-refractivity contribution in [3.8, 4) is 0 Å². The number of carbonyl (C=O) groups excluding carboxylic acids is 4. The molecule has 26 heavy (non-hydrogen) atoms. The predicted molar refractivity (Wildman–Crippen MR) is 89.5 cm³/mol. The highest BCUT2D eigenvalue weighted by Crippen LogP contribution is 2.25. The lowest BCUT2D eigenvalue weighted by Crippen LogP contribution is -2.24. The van der Waals surface area contributed by atoms with Crippen LogP contribution >= 0.6 is 0 Å². The smallest absolute Gasteiger partial charge is 0.351 e. The zero-order valence-electron chi connectivity index (χ0n) is 14.1. The topological polar surface area (TPSA) is 90.0 Å². The van der Waals surface area contributed by atoms with Crippen molar-refractivity contribution >= 4 is 23.8 Å². The van der Waals surface area contributed by atoms with E-state index in [0.717, 1.165) is 4.90 Å². The maximum atomic E-state index is 12.5. The van der Waals surface area contributed by atoms with Gasteiger partial charge in [0.2, 0.25) is 6.10 Å². The Hall–Kier alpha value is -3.48. The van der Waals surface area contributed by atoms with Gasteiger partial charge in [-0.3, -0.25) is 14.5 Å². The highest BCUT2D eigenvalue weighted by Gasteiger charge is 2.34. The molecule has 1 aliphatic heterocycles. The summed E-state index contributed by atoms with van der Waals surface area (Å²) in [6, 6.07) is 12.5. The highest BCUT2D eigenvalue weighted by atomic mass is 16.6. The van der Waals surface area contributed by atoms with Crippen LogP contribution in [0.5, 0.6) is 0 Å². The Morgan fingerprint density at radius 2 is 1.62 bits per heavy atom. The summed E-state index contributed by atoms with van der Waals surface area (Å²) in [5.74, 6) is -2.45. The molecule has 0 aromatic heterocycles. The van der Waals surface area contributed by atoms with Crippen LogP contribution in [-0.2, 0) is 14.3 Å². The molecule has 1 heterocycles. The van der Waals surface area contributed by atoms with E-state index in [1.807, 2.05) is 0 Å². The average molecular weight is 353 g/mol. The lowest BCUT2D eigenvalue weighted by molar-refractivity contribution is -0.151. The number of amides is 2. The summed E-state index contributed by atoms with van der Waals surface area (Å²) in [6.45, 7) is 0. The minimum absolute atomic E-state index is 0.0602. The van der Waals surface area contributed by atoms with Crippen LogP contribution < -0.4 is 0 Å². The Kier molecular flexibility index (Phi) is 4.53. The fourth-order valence-electron chi connectivity index (χ4n) is 2.65. The van der Waals surface area contributed by atoms with Crippen molar-refractivity contribution < 1.29 is 28.7 Å². The van der Waals surface area contributed by atoms with Crippen molar-refractivity contribution in [2.24, 2.45) is 0 Å². The molecular formula is C19H15NO6. The standard InChI is InChI=1S/C19H15NO6/c1-20-16(21)13-9-8-12(10-14(13)17(20)22)18(23)26-15(19(24)25-2)11-6-4-3-5-7-11/h3-10,15H,1-2H3. The number of hydrogen-bond donors (Lipinski definition) is 0. The lowest BCUT2D eigenvalue weighted by atomic mass is 10.1. The second kappa shape index (κ2) is 6.79. The van der Waals surface area contributed by atoms with Gasteiger partial charge in [-0.1, -0.05) is 30.3 Å². The van der Waals surface area contributed by atoms with Crippen LogP contribution in [0, 0.1) is 0 Å². The van der Waals surface area contributed by atoms with Crippen molar-refractivity contribution in [2.75, 3.05) is 14.2 Å². The first-order valence-electron chi connectivity index (χ1n) is 7.74. The van der Waals surface area contributed by atoms with Gasteiger partial charge in [0, 0.05) is 12.6 Å². The van der Waals surface area contributed by atoms with Crippen LogP contribution in [0.1, 0.15) is 42.7 Å². The molecule has 7 heteroatoms. The summed E-state index contributed by atoms with van der Waals surface area (Å²) in [4.78, 5) is 49.4. The Bertz CT molecular complexity index is 906. The molecule has 1 atom stereocenters. The first-order valence-corrected chi connectivity index (χ1v) is 7.74. The summed E-state index contributed by atoms with van der Waals surface area (Å²) in [5, 5.41) is 0. The lowest BCUT2D eigenvalue weighted by Gasteiger charge is -2.16. The molecule has 0 radical (unpaired) electrons. The van der Waals surface area contributed by atoms with Crippen molar-refractivity contribution in [3.63, 3.8) is 0 Å². The minimum atomic E-state index is -1.23. The van der Waals surface area contributed by atoms with Gasteiger partial charge in [0.05, 0.1) is 23.8 Å². The largest absolute Gasteiger partial charge is 0.466 e. The number of rotatable bonds is 4. The molecule has 2 aromatic carbocycles. The van der Waals surface area contributed by atoms with Gasteiger partial charge in [-0.15, -0.1) is 0 Å². The molecule has 3 rings (SSSR count). The van der Waals surface area contributed by atoms with E-state index in [2.05, 4.69) is 0 Å². The van der Waals surface area contributed by atoms with Crippen LogP contribution in [0.2, 0.25) is 0 Å². The fraction of sp³-hybridized carbons (Fsp3) is 0.158. The van der Waals surface area contributed by atoms with Crippen molar-refractivity contribution in [1.82, 2.24) is 4.90 Å². The number of ether oxygens (including phenoxy) is 2. The number of nitrogens with zero attached hydrogens (tertiary/aromatic N) is 1. The Balaban J connectivity index is 1.89. The molecular weight excluding hydrogens is 338 g/mol. The van der Waals surface area contributed by atoms with Crippen LogP contribution in [0.15, 0.2) is 48.5 Å². The van der Waals surface area contributed by atoms with E-state index >= 15 is 0 Å². The van der Waals surface area contributed by atoms with E-state index in [1.54, 1.807) is 30.3 Å². The van der Waals surface area contributed by atoms with Gasteiger partial charge in [-0.25, -0.2) is 9.59 Å². The molecule has 2 aromatic rings. The number of esters is 2. The quantitative estimate of drug-likeness (QED) is 0.617. The number of methoxy groups -OCH3 is 1. The molecule has 1 aliphatic rings. The van der Waals surface area contributed by atoms with Gasteiger partial charge in [-0.2, -0.15) is 0 Å². The van der Waals surface area contributed by atoms with E-state index in [0.29, 0.717) is 5.56 Å². The van der Waals surface area contributed by atoms with Gasteiger partial charge < -0.3 is 9.47 Å². The van der Waals surface area contributed by atoms with Crippen LogP contribution in [0.4, 0.5) is 0 Å². The third-order valence-electron chi connectivity index (χ3n) is 4.07. The number of hydrogen-bond acceptors (Lipinski definition) is 6. The van der Waals surface area contributed by atoms with E-state index in [4.69, 9.17) is 9.47 Å². The van der Waals surface area contributed by atoms with E-state index < -0.39 is 29.9 Å². The summed E-state index contributed by atoms with van der Waals surface area (Å²) in [5.41, 5.74) is 0.868. The molecule has 0 spiro atoms. The van der Waals surface area contributed by atoms with Crippen molar-refractivity contribution in [3.05, 3.63) is 70.8 Å². The van der Waals surface area contributed by atoms with Gasteiger partial charge in [-0.05, 0) is 18.2 Å². The molecule has 7 nitrogen and oxygen atoms in total. The fourth-order valence-corrected chi connectivity index (χ4v) is 2.65. The number of fused-ring (bicyclic) bond motifs is 1. The average Bonchev–Trinajstić information content (AvgIpc) is 2.89. The second-order valence-electron chi connectivity index (χ2n) is 5.65. The highest BCUT2D eigenvalue weighted by molar-refractivity contribution is 6.21.